The first kappa shape index (κ1) is 19.8. The van der Waals surface area contributed by atoms with Crippen molar-refractivity contribution in [3.05, 3.63) is 93.8 Å². The molecule has 0 aliphatic carbocycles. The van der Waals surface area contributed by atoms with Crippen molar-refractivity contribution in [3.63, 3.8) is 0 Å². The minimum Gasteiger partial charge on any atom is -0.297 e. The second kappa shape index (κ2) is 8.12. The molecule has 6 nitrogen and oxygen atoms in total. The van der Waals surface area contributed by atoms with E-state index in [-0.39, 0.29) is 11.4 Å². The smallest absolute Gasteiger partial charge is 0.276 e. The maximum absolute atomic E-state index is 13.2. The van der Waals surface area contributed by atoms with Crippen LogP contribution in [0.25, 0.3) is 16.9 Å². The van der Waals surface area contributed by atoms with Crippen molar-refractivity contribution < 1.29 is 4.39 Å². The van der Waals surface area contributed by atoms with E-state index in [2.05, 4.69) is 15.1 Å². The number of benzene rings is 2. The van der Waals surface area contributed by atoms with Crippen LogP contribution >= 0.6 is 0 Å². The third kappa shape index (κ3) is 3.71. The highest BCUT2D eigenvalue weighted by atomic mass is 19.1. The van der Waals surface area contributed by atoms with Crippen LogP contribution in [0.4, 0.5) is 4.39 Å². The van der Waals surface area contributed by atoms with Gasteiger partial charge in [0.1, 0.15) is 5.82 Å². The molecule has 2 heterocycles. The largest absolute Gasteiger partial charge is 0.297 e. The summed E-state index contributed by atoms with van der Waals surface area (Å²) in [4.78, 5) is 15.2. The zero-order valence-electron chi connectivity index (χ0n) is 17.3. The molecule has 4 aromatic rings. The zero-order valence-corrected chi connectivity index (χ0v) is 17.3. The first-order valence-corrected chi connectivity index (χ1v) is 9.75. The van der Waals surface area contributed by atoms with E-state index in [1.54, 1.807) is 23.0 Å². The Hall–Kier alpha value is -3.45. The standard InChI is InChI=1S/C23H24FN5O/c1-16-21(23(30)29(28(16)3)20-7-5-4-6-8-20)15-27(2)14-18-13-25-26-22(18)17-9-11-19(24)12-10-17/h4-13H,14-15H2,1-3H3,(H,25,26). The average Bonchev–Trinajstić information content (AvgIpc) is 3.28. The van der Waals surface area contributed by atoms with Gasteiger partial charge in [0.05, 0.1) is 23.1 Å². The van der Waals surface area contributed by atoms with Gasteiger partial charge in [-0.3, -0.25) is 19.5 Å². The van der Waals surface area contributed by atoms with Gasteiger partial charge < -0.3 is 0 Å². The summed E-state index contributed by atoms with van der Waals surface area (Å²) in [5, 5.41) is 7.16. The van der Waals surface area contributed by atoms with E-state index in [0.29, 0.717) is 13.1 Å². The molecule has 0 bridgehead atoms. The van der Waals surface area contributed by atoms with Crippen molar-refractivity contribution in [3.8, 4) is 16.9 Å². The van der Waals surface area contributed by atoms with Crippen LogP contribution in [-0.2, 0) is 20.1 Å². The molecule has 4 rings (SSSR count). The summed E-state index contributed by atoms with van der Waals surface area (Å²) in [6, 6.07) is 16.0. The predicted octanol–water partition coefficient (Wildman–Crippen LogP) is 3.65. The van der Waals surface area contributed by atoms with Gasteiger partial charge in [-0.05, 0) is 50.4 Å². The Labute approximate surface area is 174 Å². The number of aromatic nitrogens is 4. The van der Waals surface area contributed by atoms with Crippen LogP contribution in [0, 0.1) is 12.7 Å². The lowest BCUT2D eigenvalue weighted by Crippen LogP contribution is -2.25. The molecule has 2 aromatic heterocycles. The minimum atomic E-state index is -0.272. The summed E-state index contributed by atoms with van der Waals surface area (Å²) in [6.07, 6.45) is 1.77. The van der Waals surface area contributed by atoms with Gasteiger partial charge >= 0.3 is 0 Å². The molecule has 0 saturated heterocycles. The van der Waals surface area contributed by atoms with Crippen LogP contribution in [0.2, 0.25) is 0 Å². The Bertz CT molecular complexity index is 1200. The second-order valence-corrected chi connectivity index (χ2v) is 7.49. The molecule has 0 radical (unpaired) electrons. The Morgan fingerprint density at radius 1 is 1.07 bits per heavy atom. The molecule has 2 aromatic carbocycles. The molecule has 0 amide bonds. The fourth-order valence-electron chi connectivity index (χ4n) is 3.72. The molecule has 154 valence electrons. The van der Waals surface area contributed by atoms with Crippen LogP contribution in [0.1, 0.15) is 16.8 Å². The van der Waals surface area contributed by atoms with Crippen LogP contribution in [0.3, 0.4) is 0 Å². The second-order valence-electron chi connectivity index (χ2n) is 7.49. The number of H-pyrrole nitrogens is 1. The summed E-state index contributed by atoms with van der Waals surface area (Å²) in [6.45, 7) is 3.07. The van der Waals surface area contributed by atoms with Crippen LogP contribution in [0.5, 0.6) is 0 Å². The Kier molecular flexibility index (Phi) is 5.37. The number of aromatic amines is 1. The number of hydrogen-bond acceptors (Lipinski definition) is 3. The fourth-order valence-corrected chi connectivity index (χ4v) is 3.72. The van der Waals surface area contributed by atoms with Crippen molar-refractivity contribution in [2.45, 2.75) is 20.0 Å². The summed E-state index contributed by atoms with van der Waals surface area (Å²) in [5.41, 5.74) is 5.24. The Morgan fingerprint density at radius 2 is 1.77 bits per heavy atom. The average molecular weight is 405 g/mol. The third-order valence-electron chi connectivity index (χ3n) is 5.39. The van der Waals surface area contributed by atoms with Gasteiger partial charge in [-0.2, -0.15) is 5.10 Å². The minimum absolute atomic E-state index is 0.0148. The number of nitrogens with one attached hydrogen (secondary N) is 1. The molecule has 0 spiro atoms. The highest BCUT2D eigenvalue weighted by Crippen LogP contribution is 2.23. The third-order valence-corrected chi connectivity index (χ3v) is 5.39. The Morgan fingerprint density at radius 3 is 2.47 bits per heavy atom. The lowest BCUT2D eigenvalue weighted by Gasteiger charge is -2.16. The van der Waals surface area contributed by atoms with E-state index in [1.807, 2.05) is 56.0 Å². The highest BCUT2D eigenvalue weighted by molar-refractivity contribution is 5.62. The van der Waals surface area contributed by atoms with E-state index >= 15 is 0 Å². The molecular formula is C23H24FN5O. The van der Waals surface area contributed by atoms with Crippen molar-refractivity contribution in [1.82, 2.24) is 24.5 Å². The summed E-state index contributed by atoms with van der Waals surface area (Å²) < 4.78 is 16.8. The highest BCUT2D eigenvalue weighted by Gasteiger charge is 2.18. The van der Waals surface area contributed by atoms with Gasteiger partial charge in [0, 0.05) is 37.0 Å². The molecule has 0 aliphatic rings. The monoisotopic (exact) mass is 405 g/mol. The van der Waals surface area contributed by atoms with Crippen LogP contribution < -0.4 is 5.56 Å². The quantitative estimate of drug-likeness (QED) is 0.533. The van der Waals surface area contributed by atoms with Gasteiger partial charge in [0.2, 0.25) is 0 Å². The molecule has 0 atom stereocenters. The molecule has 0 fully saturated rings. The maximum Gasteiger partial charge on any atom is 0.276 e. The normalized spacial score (nSPS) is 11.4. The molecule has 1 N–H and O–H groups in total. The summed E-state index contributed by atoms with van der Waals surface area (Å²) >= 11 is 0. The van der Waals surface area contributed by atoms with Crippen molar-refractivity contribution in [1.29, 1.82) is 0 Å². The number of para-hydroxylation sites is 1. The van der Waals surface area contributed by atoms with Crippen molar-refractivity contribution in [2.24, 2.45) is 7.05 Å². The molecule has 30 heavy (non-hydrogen) atoms. The fraction of sp³-hybridized carbons (Fsp3) is 0.217. The lowest BCUT2D eigenvalue weighted by atomic mass is 10.1. The van der Waals surface area contributed by atoms with Gasteiger partial charge in [-0.15, -0.1) is 0 Å². The van der Waals surface area contributed by atoms with Crippen LogP contribution in [-0.4, -0.2) is 31.5 Å². The topological polar surface area (TPSA) is 58.9 Å². The first-order valence-electron chi connectivity index (χ1n) is 9.75. The summed E-state index contributed by atoms with van der Waals surface area (Å²) in [5.74, 6) is -0.272. The molecule has 0 saturated carbocycles. The maximum atomic E-state index is 13.2. The lowest BCUT2D eigenvalue weighted by molar-refractivity contribution is 0.318. The van der Waals surface area contributed by atoms with Crippen LogP contribution in [0.15, 0.2) is 65.6 Å². The SMILES string of the molecule is Cc1c(CN(C)Cc2cn[nH]c2-c2ccc(F)cc2)c(=O)n(-c2ccccc2)n1C. The zero-order chi connectivity index (χ0) is 21.3. The molecule has 0 aliphatic heterocycles. The number of nitrogens with zero attached hydrogens (tertiary/aromatic N) is 4. The van der Waals surface area contributed by atoms with Crippen molar-refractivity contribution >= 4 is 0 Å². The molecule has 7 heteroatoms. The van der Waals surface area contributed by atoms with E-state index in [4.69, 9.17) is 0 Å². The predicted molar refractivity (Wildman–Crippen MR) is 115 cm³/mol. The summed E-state index contributed by atoms with van der Waals surface area (Å²) in [7, 11) is 3.87. The number of hydrogen-bond donors (Lipinski definition) is 1. The van der Waals surface area contributed by atoms with Crippen molar-refractivity contribution in [2.75, 3.05) is 7.05 Å². The van der Waals surface area contributed by atoms with E-state index in [0.717, 1.165) is 33.8 Å². The van der Waals surface area contributed by atoms with Gasteiger partial charge in [-0.1, -0.05) is 18.2 Å². The first-order chi connectivity index (χ1) is 14.5. The number of halogens is 1. The van der Waals surface area contributed by atoms with E-state index < -0.39 is 0 Å². The van der Waals surface area contributed by atoms with Gasteiger partial charge in [0.15, 0.2) is 0 Å². The number of rotatable bonds is 6. The molecule has 0 unspecified atom stereocenters. The van der Waals surface area contributed by atoms with E-state index in [1.165, 1.54) is 12.1 Å². The van der Waals surface area contributed by atoms with Gasteiger partial charge in [-0.25, -0.2) is 9.07 Å². The van der Waals surface area contributed by atoms with Gasteiger partial charge in [0.25, 0.3) is 5.56 Å². The Balaban J connectivity index is 1.58. The van der Waals surface area contributed by atoms with E-state index in [9.17, 15) is 9.18 Å². The molecular weight excluding hydrogens is 381 g/mol.